The van der Waals surface area contributed by atoms with Gasteiger partial charge in [-0.2, -0.15) is 18.3 Å². The summed E-state index contributed by atoms with van der Waals surface area (Å²) in [6.45, 7) is 0. The zero-order valence-corrected chi connectivity index (χ0v) is 11.0. The lowest BCUT2D eigenvalue weighted by Crippen LogP contribution is -2.19. The van der Waals surface area contributed by atoms with Crippen LogP contribution in [0, 0.1) is 0 Å². The van der Waals surface area contributed by atoms with Crippen LogP contribution in [-0.4, -0.2) is 15.7 Å². The molecule has 21 heavy (non-hydrogen) atoms. The fraction of sp³-hybridized carbons (Fsp3) is 0.167. The van der Waals surface area contributed by atoms with E-state index in [4.69, 9.17) is 17.3 Å². The van der Waals surface area contributed by atoms with Gasteiger partial charge in [-0.15, -0.1) is 0 Å². The van der Waals surface area contributed by atoms with Gasteiger partial charge in [0.15, 0.2) is 5.69 Å². The molecule has 0 bridgehead atoms. The Labute approximate surface area is 121 Å². The predicted molar refractivity (Wildman–Crippen MR) is 69.1 cm³/mol. The Kier molecular flexibility index (Phi) is 2.96. The van der Waals surface area contributed by atoms with Gasteiger partial charge in [0, 0.05) is 17.4 Å². The van der Waals surface area contributed by atoms with E-state index in [1.165, 1.54) is 12.1 Å². The lowest BCUT2D eigenvalue weighted by Gasteiger charge is -2.09. The number of nitrogens with two attached hydrogens (primary N) is 1. The molecule has 0 fully saturated rings. The minimum Gasteiger partial charge on any atom is -0.324 e. The Hall–Kier alpha value is -2.06. The molecule has 9 heteroatoms. The summed E-state index contributed by atoms with van der Waals surface area (Å²) >= 11 is 6.04. The molecule has 1 aromatic carbocycles. The van der Waals surface area contributed by atoms with Gasteiger partial charge < -0.3 is 11.1 Å². The van der Waals surface area contributed by atoms with Crippen molar-refractivity contribution in [2.24, 2.45) is 5.73 Å². The first kappa shape index (κ1) is 13.9. The van der Waals surface area contributed by atoms with Gasteiger partial charge in [0.2, 0.25) is 5.91 Å². The van der Waals surface area contributed by atoms with Gasteiger partial charge in [-0.25, -0.2) is 4.68 Å². The average molecular weight is 317 g/mol. The number of anilines is 1. The lowest BCUT2D eigenvalue weighted by molar-refractivity contribution is -0.141. The van der Waals surface area contributed by atoms with E-state index in [1.807, 2.05) is 0 Å². The molecule has 110 valence electrons. The van der Waals surface area contributed by atoms with E-state index in [0.717, 1.165) is 16.9 Å². The third-order valence-corrected chi connectivity index (χ3v) is 3.42. The Morgan fingerprint density at radius 2 is 2.10 bits per heavy atom. The highest BCUT2D eigenvalue weighted by atomic mass is 35.5. The van der Waals surface area contributed by atoms with Crippen molar-refractivity contribution in [3.8, 4) is 5.69 Å². The van der Waals surface area contributed by atoms with Crippen LogP contribution < -0.4 is 11.1 Å². The number of nitrogens with one attached hydrogen (secondary N) is 1. The van der Waals surface area contributed by atoms with Crippen LogP contribution in [0.4, 0.5) is 18.9 Å². The lowest BCUT2D eigenvalue weighted by atomic mass is 10.1. The average Bonchev–Trinajstić information content (AvgIpc) is 2.96. The molecule has 1 amide bonds. The highest BCUT2D eigenvalue weighted by molar-refractivity contribution is 6.32. The molecule has 3 rings (SSSR count). The van der Waals surface area contributed by atoms with Crippen LogP contribution in [0.3, 0.4) is 0 Å². The van der Waals surface area contributed by atoms with Gasteiger partial charge in [0.1, 0.15) is 6.04 Å². The second-order valence-corrected chi connectivity index (χ2v) is 4.91. The Morgan fingerprint density at radius 3 is 2.71 bits per heavy atom. The van der Waals surface area contributed by atoms with Crippen molar-refractivity contribution in [2.75, 3.05) is 5.32 Å². The molecular formula is C12H8ClF3N4O. The molecule has 1 aromatic heterocycles. The van der Waals surface area contributed by atoms with Gasteiger partial charge in [-0.05, 0) is 18.2 Å². The number of aromatic nitrogens is 2. The van der Waals surface area contributed by atoms with Gasteiger partial charge in [0.05, 0.1) is 10.7 Å². The summed E-state index contributed by atoms with van der Waals surface area (Å²) in [6, 6.07) is 2.89. The summed E-state index contributed by atoms with van der Waals surface area (Å²) in [7, 11) is 0. The first-order chi connectivity index (χ1) is 9.77. The van der Waals surface area contributed by atoms with E-state index in [1.54, 1.807) is 0 Å². The maximum absolute atomic E-state index is 12.6. The molecule has 2 aromatic rings. The molecule has 0 spiro atoms. The van der Waals surface area contributed by atoms with E-state index in [2.05, 4.69) is 10.4 Å². The molecule has 0 aliphatic carbocycles. The van der Waals surface area contributed by atoms with Crippen LogP contribution in [0.5, 0.6) is 0 Å². The highest BCUT2D eigenvalue weighted by Crippen LogP contribution is 2.36. The monoisotopic (exact) mass is 316 g/mol. The molecular weight excluding hydrogens is 309 g/mol. The van der Waals surface area contributed by atoms with Crippen molar-refractivity contribution in [1.82, 2.24) is 9.78 Å². The van der Waals surface area contributed by atoms with Crippen LogP contribution in [0.25, 0.3) is 5.69 Å². The summed E-state index contributed by atoms with van der Waals surface area (Å²) < 4.78 is 38.7. The van der Waals surface area contributed by atoms with Crippen molar-refractivity contribution >= 4 is 23.2 Å². The molecule has 1 aliphatic heterocycles. The summed E-state index contributed by atoms with van der Waals surface area (Å²) in [5.74, 6) is -0.394. The van der Waals surface area contributed by atoms with Crippen LogP contribution >= 0.6 is 11.6 Å². The van der Waals surface area contributed by atoms with Crippen LogP contribution in [0.15, 0.2) is 24.4 Å². The number of hydrogen-bond acceptors (Lipinski definition) is 3. The van der Waals surface area contributed by atoms with Gasteiger partial charge in [-0.1, -0.05) is 11.6 Å². The molecule has 1 aliphatic rings. The minimum atomic E-state index is -4.54. The van der Waals surface area contributed by atoms with Gasteiger partial charge in [0.25, 0.3) is 0 Å². The Bertz CT molecular complexity index is 741. The number of amides is 1. The number of carbonyl (C=O) groups excluding carboxylic acids is 1. The molecule has 3 N–H and O–H groups in total. The molecule has 2 heterocycles. The zero-order chi connectivity index (χ0) is 15.4. The number of nitrogens with zero attached hydrogens (tertiary/aromatic N) is 2. The van der Waals surface area contributed by atoms with Gasteiger partial charge in [-0.3, -0.25) is 4.79 Å². The number of fused-ring (bicyclic) bond motifs is 1. The number of hydrogen-bond donors (Lipinski definition) is 2. The van der Waals surface area contributed by atoms with E-state index in [0.29, 0.717) is 11.3 Å². The summed E-state index contributed by atoms with van der Waals surface area (Å²) in [5, 5.41) is 6.13. The van der Waals surface area contributed by atoms with Crippen molar-refractivity contribution in [1.29, 1.82) is 0 Å². The SMILES string of the molecule is NC1C(=O)Nc2cc(-n3ccc(C(F)(F)F)n3)c(Cl)cc21. The van der Waals surface area contributed by atoms with Crippen LogP contribution in [0.1, 0.15) is 17.3 Å². The summed E-state index contributed by atoms with van der Waals surface area (Å²) in [6.07, 6.45) is -3.39. The molecule has 1 atom stereocenters. The Balaban J connectivity index is 2.07. The predicted octanol–water partition coefficient (Wildman–Crippen LogP) is 2.50. The number of rotatable bonds is 1. The fourth-order valence-electron chi connectivity index (χ4n) is 2.08. The number of alkyl halides is 3. The molecule has 5 nitrogen and oxygen atoms in total. The molecule has 0 radical (unpaired) electrons. The standard InChI is InChI=1S/C12H8ClF3N4O/c13-6-3-5-7(18-11(21)10(5)17)4-8(6)20-2-1-9(19-20)12(14,15)16/h1-4,10H,17H2,(H,18,21). The van der Waals surface area contributed by atoms with E-state index >= 15 is 0 Å². The third-order valence-electron chi connectivity index (χ3n) is 3.12. The largest absolute Gasteiger partial charge is 0.435 e. The van der Waals surface area contributed by atoms with E-state index < -0.39 is 23.8 Å². The van der Waals surface area contributed by atoms with Crippen molar-refractivity contribution < 1.29 is 18.0 Å². The van der Waals surface area contributed by atoms with E-state index in [-0.39, 0.29) is 10.7 Å². The first-order valence-electron chi connectivity index (χ1n) is 5.80. The Morgan fingerprint density at radius 1 is 1.38 bits per heavy atom. The molecule has 0 saturated heterocycles. The van der Waals surface area contributed by atoms with Crippen molar-refractivity contribution in [3.05, 3.63) is 40.7 Å². The number of carbonyl (C=O) groups is 1. The first-order valence-corrected chi connectivity index (χ1v) is 6.18. The highest BCUT2D eigenvalue weighted by Gasteiger charge is 2.34. The fourth-order valence-corrected chi connectivity index (χ4v) is 2.34. The minimum absolute atomic E-state index is 0.150. The van der Waals surface area contributed by atoms with Crippen LogP contribution in [-0.2, 0) is 11.0 Å². The summed E-state index contributed by atoms with van der Waals surface area (Å²) in [4.78, 5) is 11.5. The molecule has 0 saturated carbocycles. The maximum atomic E-state index is 12.6. The second kappa shape index (κ2) is 4.47. The topological polar surface area (TPSA) is 72.9 Å². The molecule has 1 unspecified atom stereocenters. The quantitative estimate of drug-likeness (QED) is 0.849. The van der Waals surface area contributed by atoms with Crippen molar-refractivity contribution in [2.45, 2.75) is 12.2 Å². The zero-order valence-electron chi connectivity index (χ0n) is 10.3. The number of benzene rings is 1. The van der Waals surface area contributed by atoms with Crippen molar-refractivity contribution in [3.63, 3.8) is 0 Å². The normalized spacial score (nSPS) is 17.8. The second-order valence-electron chi connectivity index (χ2n) is 4.50. The van der Waals surface area contributed by atoms with Gasteiger partial charge >= 0.3 is 6.18 Å². The third kappa shape index (κ3) is 2.26. The smallest absolute Gasteiger partial charge is 0.324 e. The van der Waals surface area contributed by atoms with E-state index in [9.17, 15) is 18.0 Å². The summed E-state index contributed by atoms with van der Waals surface area (Å²) in [5.41, 5.74) is 5.77. The number of halogens is 4. The van der Waals surface area contributed by atoms with Crippen LogP contribution in [0.2, 0.25) is 5.02 Å². The maximum Gasteiger partial charge on any atom is 0.435 e.